The Morgan fingerprint density at radius 3 is 2.55 bits per heavy atom. The zero-order chi connectivity index (χ0) is 14.5. The fourth-order valence-electron chi connectivity index (χ4n) is 2.36. The van der Waals surface area contributed by atoms with Crippen LogP contribution in [-0.2, 0) is 16.2 Å². The summed E-state index contributed by atoms with van der Waals surface area (Å²) in [5.74, 6) is -2.48. The number of allylic oxidation sites excluding steroid dienone is 2. The van der Waals surface area contributed by atoms with Gasteiger partial charge >= 0.3 is 5.97 Å². The lowest BCUT2D eigenvalue weighted by Gasteiger charge is -2.24. The lowest BCUT2D eigenvalue weighted by atomic mass is 9.82. The number of rotatable bonds is 4. The Bertz CT molecular complexity index is 538. The molecule has 3 N–H and O–H groups in total. The number of carboxylic acid groups (broad SMARTS) is 1. The van der Waals surface area contributed by atoms with E-state index in [1.54, 1.807) is 30.3 Å². The number of carboxylic acids is 1. The summed E-state index contributed by atoms with van der Waals surface area (Å²) in [5, 5.41) is 20.9. The molecule has 0 fully saturated rings. The van der Waals surface area contributed by atoms with Crippen molar-refractivity contribution in [2.75, 3.05) is 5.32 Å². The zero-order valence-corrected chi connectivity index (χ0v) is 11.0. The van der Waals surface area contributed by atoms with E-state index in [0.29, 0.717) is 24.1 Å². The summed E-state index contributed by atoms with van der Waals surface area (Å²) in [5.41, 5.74) is 1.27. The van der Waals surface area contributed by atoms with Gasteiger partial charge in [-0.1, -0.05) is 24.3 Å². The van der Waals surface area contributed by atoms with E-state index in [4.69, 9.17) is 10.2 Å². The van der Waals surface area contributed by atoms with Crippen molar-refractivity contribution < 1.29 is 19.8 Å². The Morgan fingerprint density at radius 2 is 1.90 bits per heavy atom. The van der Waals surface area contributed by atoms with E-state index in [2.05, 4.69) is 5.32 Å². The molecule has 0 aromatic heterocycles. The van der Waals surface area contributed by atoms with E-state index in [-0.39, 0.29) is 12.5 Å². The number of hydrogen-bond donors (Lipinski definition) is 3. The predicted molar refractivity (Wildman–Crippen MR) is 74.0 cm³/mol. The predicted octanol–water partition coefficient (Wildman–Crippen LogP) is 1.78. The maximum Gasteiger partial charge on any atom is 0.307 e. The van der Waals surface area contributed by atoms with Crippen LogP contribution < -0.4 is 5.32 Å². The fourth-order valence-corrected chi connectivity index (χ4v) is 2.36. The van der Waals surface area contributed by atoms with Crippen molar-refractivity contribution in [2.45, 2.75) is 19.4 Å². The van der Waals surface area contributed by atoms with Crippen LogP contribution in [0, 0.1) is 11.8 Å². The molecular weight excluding hydrogens is 258 g/mol. The number of amides is 1. The van der Waals surface area contributed by atoms with Gasteiger partial charge in [-0.3, -0.25) is 9.59 Å². The standard InChI is InChI=1S/C15H17NO4/c17-9-10-4-3-5-11(8-10)16-14(18)12-6-1-2-7-13(12)15(19)20/h1-5,8,12-13,17H,6-7,9H2,(H,16,18)(H,19,20)/t12-,13+/m1/s1. The molecule has 2 atom stereocenters. The van der Waals surface area contributed by atoms with Crippen LogP contribution in [0.2, 0.25) is 0 Å². The third-order valence-corrected chi connectivity index (χ3v) is 3.46. The molecule has 20 heavy (non-hydrogen) atoms. The van der Waals surface area contributed by atoms with Crippen LogP contribution in [-0.4, -0.2) is 22.1 Å². The number of carbonyl (C=O) groups excluding carboxylic acids is 1. The third kappa shape index (κ3) is 3.24. The van der Waals surface area contributed by atoms with Crippen LogP contribution in [0.4, 0.5) is 5.69 Å². The number of benzene rings is 1. The molecule has 0 heterocycles. The molecule has 0 bridgehead atoms. The van der Waals surface area contributed by atoms with Crippen LogP contribution in [0.3, 0.4) is 0 Å². The van der Waals surface area contributed by atoms with Crippen LogP contribution in [0.1, 0.15) is 18.4 Å². The quantitative estimate of drug-likeness (QED) is 0.731. The van der Waals surface area contributed by atoms with Crippen molar-refractivity contribution >= 4 is 17.6 Å². The van der Waals surface area contributed by atoms with Gasteiger partial charge in [0.15, 0.2) is 0 Å². The molecule has 0 saturated heterocycles. The van der Waals surface area contributed by atoms with E-state index in [9.17, 15) is 9.59 Å². The van der Waals surface area contributed by atoms with Gasteiger partial charge in [-0.25, -0.2) is 0 Å². The third-order valence-electron chi connectivity index (χ3n) is 3.46. The summed E-state index contributed by atoms with van der Waals surface area (Å²) in [6.07, 6.45) is 4.45. The van der Waals surface area contributed by atoms with E-state index in [1.165, 1.54) is 0 Å². The van der Waals surface area contributed by atoms with E-state index in [0.717, 1.165) is 0 Å². The van der Waals surface area contributed by atoms with Crippen molar-refractivity contribution in [3.05, 3.63) is 42.0 Å². The molecule has 0 unspecified atom stereocenters. The molecule has 5 heteroatoms. The number of carbonyl (C=O) groups is 2. The smallest absolute Gasteiger partial charge is 0.307 e. The number of aliphatic carboxylic acids is 1. The van der Waals surface area contributed by atoms with Gasteiger partial charge in [0.05, 0.1) is 18.4 Å². The van der Waals surface area contributed by atoms with Gasteiger partial charge in [-0.05, 0) is 30.5 Å². The van der Waals surface area contributed by atoms with Crippen LogP contribution >= 0.6 is 0 Å². The number of aliphatic hydroxyl groups is 1. The molecule has 0 radical (unpaired) electrons. The Hall–Kier alpha value is -2.14. The molecule has 2 rings (SSSR count). The summed E-state index contributed by atoms with van der Waals surface area (Å²) in [6.45, 7) is -0.104. The second-order valence-electron chi connectivity index (χ2n) is 4.84. The molecule has 1 aromatic rings. The Kier molecular flexibility index (Phi) is 4.53. The molecule has 0 saturated carbocycles. The summed E-state index contributed by atoms with van der Waals surface area (Å²) in [7, 11) is 0. The van der Waals surface area contributed by atoms with E-state index >= 15 is 0 Å². The van der Waals surface area contributed by atoms with Crippen LogP contribution in [0.5, 0.6) is 0 Å². The van der Waals surface area contributed by atoms with Gasteiger partial charge in [0.2, 0.25) is 5.91 Å². The average Bonchev–Trinajstić information content (AvgIpc) is 2.47. The Labute approximate surface area is 116 Å². The van der Waals surface area contributed by atoms with E-state index < -0.39 is 17.8 Å². The first-order valence-electron chi connectivity index (χ1n) is 6.50. The Balaban J connectivity index is 2.10. The van der Waals surface area contributed by atoms with Crippen molar-refractivity contribution in [1.29, 1.82) is 0 Å². The van der Waals surface area contributed by atoms with Gasteiger partial charge < -0.3 is 15.5 Å². The molecule has 1 aliphatic rings. The normalized spacial score (nSPS) is 21.4. The lowest BCUT2D eigenvalue weighted by molar-refractivity contribution is -0.146. The molecule has 106 valence electrons. The summed E-state index contributed by atoms with van der Waals surface area (Å²) < 4.78 is 0. The number of hydrogen-bond acceptors (Lipinski definition) is 3. The molecule has 1 amide bonds. The first-order valence-corrected chi connectivity index (χ1v) is 6.50. The summed E-state index contributed by atoms with van der Waals surface area (Å²) >= 11 is 0. The minimum Gasteiger partial charge on any atom is -0.481 e. The van der Waals surface area contributed by atoms with Crippen molar-refractivity contribution in [1.82, 2.24) is 0 Å². The fraction of sp³-hybridized carbons (Fsp3) is 0.333. The minimum absolute atomic E-state index is 0.104. The maximum atomic E-state index is 12.2. The first-order chi connectivity index (χ1) is 9.61. The molecule has 0 aliphatic heterocycles. The van der Waals surface area contributed by atoms with Gasteiger partial charge in [0.1, 0.15) is 0 Å². The van der Waals surface area contributed by atoms with Gasteiger partial charge in [0, 0.05) is 5.69 Å². The highest BCUT2D eigenvalue weighted by molar-refractivity contribution is 5.95. The lowest BCUT2D eigenvalue weighted by Crippen LogP contribution is -2.34. The van der Waals surface area contributed by atoms with Crippen molar-refractivity contribution in [3.8, 4) is 0 Å². The molecule has 1 aromatic carbocycles. The highest BCUT2D eigenvalue weighted by Crippen LogP contribution is 2.27. The van der Waals surface area contributed by atoms with Gasteiger partial charge in [0.25, 0.3) is 0 Å². The molecule has 5 nitrogen and oxygen atoms in total. The maximum absolute atomic E-state index is 12.2. The van der Waals surface area contributed by atoms with Gasteiger partial charge in [-0.2, -0.15) is 0 Å². The van der Waals surface area contributed by atoms with Gasteiger partial charge in [-0.15, -0.1) is 0 Å². The number of aliphatic hydroxyl groups excluding tert-OH is 1. The van der Waals surface area contributed by atoms with Crippen molar-refractivity contribution in [3.63, 3.8) is 0 Å². The minimum atomic E-state index is -0.946. The van der Waals surface area contributed by atoms with Crippen LogP contribution in [0.15, 0.2) is 36.4 Å². The highest BCUT2D eigenvalue weighted by Gasteiger charge is 2.33. The summed E-state index contributed by atoms with van der Waals surface area (Å²) in [4.78, 5) is 23.4. The van der Waals surface area contributed by atoms with E-state index in [1.807, 2.05) is 6.08 Å². The first kappa shape index (κ1) is 14.3. The number of nitrogens with one attached hydrogen (secondary N) is 1. The Morgan fingerprint density at radius 1 is 1.20 bits per heavy atom. The topological polar surface area (TPSA) is 86.6 Å². The summed E-state index contributed by atoms with van der Waals surface area (Å²) in [6, 6.07) is 6.87. The highest BCUT2D eigenvalue weighted by atomic mass is 16.4. The largest absolute Gasteiger partial charge is 0.481 e. The average molecular weight is 275 g/mol. The molecular formula is C15H17NO4. The monoisotopic (exact) mass is 275 g/mol. The SMILES string of the molecule is O=C(O)[C@H]1CC=CC[C@H]1C(=O)Nc1cccc(CO)c1. The number of anilines is 1. The van der Waals surface area contributed by atoms with Crippen molar-refractivity contribution in [2.24, 2.45) is 11.8 Å². The second-order valence-corrected chi connectivity index (χ2v) is 4.84. The molecule has 0 spiro atoms. The van der Waals surface area contributed by atoms with Crippen LogP contribution in [0.25, 0.3) is 0 Å². The molecule has 1 aliphatic carbocycles. The second kappa shape index (κ2) is 6.34. The zero-order valence-electron chi connectivity index (χ0n) is 11.0.